The van der Waals surface area contributed by atoms with Crippen LogP contribution in [0.25, 0.3) is 10.9 Å². The molecule has 0 amide bonds. The third-order valence-electron chi connectivity index (χ3n) is 3.65. The lowest BCUT2D eigenvalue weighted by Gasteiger charge is -2.05. The summed E-state index contributed by atoms with van der Waals surface area (Å²) in [5.74, 6) is 1.04. The summed E-state index contributed by atoms with van der Waals surface area (Å²) in [6.07, 6.45) is 1.39. The molecule has 0 fully saturated rings. The van der Waals surface area contributed by atoms with E-state index in [1.165, 1.54) is 0 Å². The molecule has 116 valence electrons. The van der Waals surface area contributed by atoms with Crippen molar-refractivity contribution in [2.45, 2.75) is 24.9 Å². The van der Waals surface area contributed by atoms with E-state index in [0.717, 1.165) is 39.5 Å². The first kappa shape index (κ1) is 15.7. The molecule has 1 aromatic heterocycles. The molecule has 0 saturated heterocycles. The second-order valence-electron chi connectivity index (χ2n) is 5.35. The van der Waals surface area contributed by atoms with Crippen molar-refractivity contribution in [1.29, 1.82) is 0 Å². The van der Waals surface area contributed by atoms with E-state index in [1.54, 1.807) is 11.8 Å². The zero-order chi connectivity index (χ0) is 16.1. The second kappa shape index (κ2) is 7.38. The number of carbonyl (C=O) groups excluding carboxylic acids is 1. The number of nitrogens with zero attached hydrogens (tertiary/aromatic N) is 2. The largest absolute Gasteiger partial charge is 0.294 e. The first-order valence-corrected chi connectivity index (χ1v) is 8.67. The molecule has 0 N–H and O–H groups in total. The number of aromatic nitrogens is 2. The Hall–Kier alpha value is -2.20. The van der Waals surface area contributed by atoms with Crippen molar-refractivity contribution >= 4 is 28.4 Å². The second-order valence-corrected chi connectivity index (χ2v) is 6.41. The van der Waals surface area contributed by atoms with Gasteiger partial charge in [0.05, 0.1) is 5.52 Å². The number of aryl methyl sites for hydroxylation is 1. The highest BCUT2D eigenvalue weighted by Crippen LogP contribution is 2.21. The Morgan fingerprint density at radius 2 is 1.74 bits per heavy atom. The zero-order valence-corrected chi connectivity index (χ0v) is 13.8. The van der Waals surface area contributed by atoms with Gasteiger partial charge in [0.25, 0.3) is 0 Å². The van der Waals surface area contributed by atoms with E-state index >= 15 is 0 Å². The van der Waals surface area contributed by atoms with Gasteiger partial charge in [-0.3, -0.25) is 4.79 Å². The minimum absolute atomic E-state index is 0.196. The van der Waals surface area contributed by atoms with Crippen molar-refractivity contribution in [2.75, 3.05) is 5.75 Å². The van der Waals surface area contributed by atoms with Crippen LogP contribution in [-0.2, 0) is 0 Å². The van der Waals surface area contributed by atoms with Crippen LogP contribution in [0.2, 0.25) is 0 Å². The van der Waals surface area contributed by atoms with Crippen LogP contribution in [0.4, 0.5) is 0 Å². The van der Waals surface area contributed by atoms with Crippen molar-refractivity contribution in [3.63, 3.8) is 0 Å². The molecule has 0 spiro atoms. The van der Waals surface area contributed by atoms with Crippen LogP contribution in [0.1, 0.15) is 28.9 Å². The highest BCUT2D eigenvalue weighted by atomic mass is 32.2. The molecule has 0 atom stereocenters. The van der Waals surface area contributed by atoms with Crippen LogP contribution in [0, 0.1) is 6.92 Å². The third-order valence-corrected chi connectivity index (χ3v) is 4.58. The fraction of sp³-hybridized carbons (Fsp3) is 0.211. The maximum absolute atomic E-state index is 12.0. The summed E-state index contributed by atoms with van der Waals surface area (Å²) in [4.78, 5) is 21.2. The summed E-state index contributed by atoms with van der Waals surface area (Å²) in [5.41, 5.74) is 2.76. The first-order valence-electron chi connectivity index (χ1n) is 7.68. The predicted molar refractivity (Wildman–Crippen MR) is 95.0 cm³/mol. The highest BCUT2D eigenvalue weighted by molar-refractivity contribution is 7.99. The zero-order valence-electron chi connectivity index (χ0n) is 13.0. The fourth-order valence-electron chi connectivity index (χ4n) is 2.44. The van der Waals surface area contributed by atoms with Crippen molar-refractivity contribution in [3.8, 4) is 0 Å². The van der Waals surface area contributed by atoms with Gasteiger partial charge in [0, 0.05) is 28.8 Å². The number of Topliss-reactive ketones (excluding diaryl/α,β-unsaturated/α-hetero) is 1. The molecule has 4 heteroatoms. The van der Waals surface area contributed by atoms with Gasteiger partial charge in [-0.25, -0.2) is 9.97 Å². The number of fused-ring (bicyclic) bond motifs is 1. The number of rotatable bonds is 6. The van der Waals surface area contributed by atoms with Gasteiger partial charge in [0.2, 0.25) is 0 Å². The number of ketones is 1. The molecule has 1 heterocycles. The van der Waals surface area contributed by atoms with E-state index in [0.29, 0.717) is 6.42 Å². The van der Waals surface area contributed by atoms with E-state index < -0.39 is 0 Å². The molecule has 2 aromatic carbocycles. The van der Waals surface area contributed by atoms with Crippen molar-refractivity contribution in [3.05, 3.63) is 65.9 Å². The van der Waals surface area contributed by atoms with E-state index in [-0.39, 0.29) is 5.78 Å². The predicted octanol–water partition coefficient (Wildman–Crippen LogP) is 4.69. The third kappa shape index (κ3) is 3.96. The Balaban J connectivity index is 1.56. The summed E-state index contributed by atoms with van der Waals surface area (Å²) < 4.78 is 0. The molecule has 0 aliphatic rings. The van der Waals surface area contributed by atoms with Gasteiger partial charge in [-0.2, -0.15) is 0 Å². The van der Waals surface area contributed by atoms with E-state index in [2.05, 4.69) is 9.97 Å². The molecule has 0 unspecified atom stereocenters. The van der Waals surface area contributed by atoms with Crippen molar-refractivity contribution in [2.24, 2.45) is 0 Å². The van der Waals surface area contributed by atoms with Crippen LogP contribution in [0.3, 0.4) is 0 Å². The minimum Gasteiger partial charge on any atom is -0.294 e. The van der Waals surface area contributed by atoms with Crippen LogP contribution in [0.15, 0.2) is 59.8 Å². The smallest absolute Gasteiger partial charge is 0.188 e. The molecule has 0 radical (unpaired) electrons. The van der Waals surface area contributed by atoms with Crippen molar-refractivity contribution in [1.82, 2.24) is 9.97 Å². The molecule has 0 aliphatic carbocycles. The van der Waals surface area contributed by atoms with Gasteiger partial charge >= 0.3 is 0 Å². The maximum atomic E-state index is 12.0. The molecule has 3 nitrogen and oxygen atoms in total. The average Bonchev–Trinajstić information content (AvgIpc) is 2.59. The fourth-order valence-corrected chi connectivity index (χ4v) is 3.27. The van der Waals surface area contributed by atoms with E-state index in [1.807, 2.05) is 61.5 Å². The number of carbonyl (C=O) groups is 1. The monoisotopic (exact) mass is 322 g/mol. The summed E-state index contributed by atoms with van der Waals surface area (Å²) >= 11 is 1.61. The molecule has 0 saturated carbocycles. The standard InChI is InChI=1S/C19H18N2OS/c1-14-16-10-5-6-11-17(16)21-19(20-14)23-13-7-12-18(22)15-8-3-2-4-9-15/h2-6,8-11H,7,12-13H2,1H3. The number of thioether (sulfide) groups is 1. The molecule has 0 aliphatic heterocycles. The topological polar surface area (TPSA) is 42.9 Å². The Morgan fingerprint density at radius 1 is 1.00 bits per heavy atom. The lowest BCUT2D eigenvalue weighted by molar-refractivity contribution is 0.0982. The van der Waals surface area contributed by atoms with Gasteiger partial charge in [-0.05, 0) is 19.4 Å². The van der Waals surface area contributed by atoms with Crippen molar-refractivity contribution < 1.29 is 4.79 Å². The van der Waals surface area contributed by atoms with Gasteiger partial charge < -0.3 is 0 Å². The summed E-state index contributed by atoms with van der Waals surface area (Å²) in [6.45, 7) is 2.01. The van der Waals surface area contributed by atoms with E-state index in [9.17, 15) is 4.79 Å². The maximum Gasteiger partial charge on any atom is 0.188 e. The van der Waals surface area contributed by atoms with Gasteiger partial charge in [0.15, 0.2) is 10.9 Å². The number of para-hydroxylation sites is 1. The molecule has 3 rings (SSSR count). The average molecular weight is 322 g/mol. The van der Waals surface area contributed by atoms with Gasteiger partial charge in [-0.1, -0.05) is 60.3 Å². The molecule has 0 bridgehead atoms. The van der Waals surface area contributed by atoms with Crippen LogP contribution >= 0.6 is 11.8 Å². The summed E-state index contributed by atoms with van der Waals surface area (Å²) in [5, 5.41) is 1.88. The van der Waals surface area contributed by atoms with Gasteiger partial charge in [0.1, 0.15) is 0 Å². The summed E-state index contributed by atoms with van der Waals surface area (Å²) in [7, 11) is 0. The molecule has 3 aromatic rings. The summed E-state index contributed by atoms with van der Waals surface area (Å²) in [6, 6.07) is 17.5. The SMILES string of the molecule is Cc1nc(SCCCC(=O)c2ccccc2)nc2ccccc12. The molecular formula is C19H18N2OS. The number of benzene rings is 2. The number of hydrogen-bond acceptors (Lipinski definition) is 4. The van der Waals surface area contributed by atoms with Crippen LogP contribution < -0.4 is 0 Å². The highest BCUT2D eigenvalue weighted by Gasteiger charge is 2.07. The Labute approximate surface area is 140 Å². The van der Waals surface area contributed by atoms with E-state index in [4.69, 9.17) is 0 Å². The van der Waals surface area contributed by atoms with Gasteiger partial charge in [-0.15, -0.1) is 0 Å². The normalized spacial score (nSPS) is 10.8. The molecule has 23 heavy (non-hydrogen) atoms. The number of hydrogen-bond donors (Lipinski definition) is 0. The van der Waals surface area contributed by atoms with Crippen LogP contribution in [-0.4, -0.2) is 21.5 Å². The minimum atomic E-state index is 0.196. The lowest BCUT2D eigenvalue weighted by Crippen LogP contribution is -1.99. The van der Waals surface area contributed by atoms with Crippen LogP contribution in [0.5, 0.6) is 0 Å². The quantitative estimate of drug-likeness (QED) is 0.286. The lowest BCUT2D eigenvalue weighted by atomic mass is 10.1. The Morgan fingerprint density at radius 3 is 2.57 bits per heavy atom. The first-order chi connectivity index (χ1) is 11.2. The Kier molecular flexibility index (Phi) is 5.03. The molecular weight excluding hydrogens is 304 g/mol. The Bertz CT molecular complexity index is 818.